The number of Topliss-reactive ketones (excluding diaryl/α,β-unsaturated/α-hetero) is 1. The molecule has 192 valence electrons. The molecule has 2 unspecified atom stereocenters. The zero-order chi connectivity index (χ0) is 25.6. The summed E-state index contributed by atoms with van der Waals surface area (Å²) >= 11 is 1.46. The van der Waals surface area contributed by atoms with Crippen molar-refractivity contribution in [2.75, 3.05) is 12.4 Å². The summed E-state index contributed by atoms with van der Waals surface area (Å²) in [7, 11) is 0. The van der Waals surface area contributed by atoms with E-state index in [4.69, 9.17) is 9.15 Å². The zero-order valence-electron chi connectivity index (χ0n) is 21.2. The number of hydrogen-bond donors (Lipinski definition) is 2. The number of para-hydroxylation sites is 1. The summed E-state index contributed by atoms with van der Waals surface area (Å²) in [5.41, 5.74) is 0.930. The number of ketones is 1. The molecule has 0 spiro atoms. The van der Waals surface area contributed by atoms with E-state index in [1.807, 2.05) is 58.0 Å². The van der Waals surface area contributed by atoms with E-state index in [0.29, 0.717) is 24.3 Å². The maximum atomic E-state index is 13.1. The molecule has 0 saturated carbocycles. The van der Waals surface area contributed by atoms with Crippen LogP contribution in [0.3, 0.4) is 0 Å². The highest BCUT2D eigenvalue weighted by Gasteiger charge is 2.27. The Bertz CT molecular complexity index is 929. The van der Waals surface area contributed by atoms with Crippen LogP contribution in [-0.4, -0.2) is 42.0 Å². The first-order chi connectivity index (χ1) is 16.8. The fraction of sp³-hybridized carbons (Fsp3) is 0.519. The second-order valence-electron chi connectivity index (χ2n) is 9.05. The van der Waals surface area contributed by atoms with Crippen LogP contribution in [0.4, 0.5) is 0 Å². The van der Waals surface area contributed by atoms with Crippen LogP contribution >= 0.6 is 11.8 Å². The van der Waals surface area contributed by atoms with E-state index in [-0.39, 0.29) is 35.9 Å². The lowest BCUT2D eigenvalue weighted by Crippen LogP contribution is -2.53. The second kappa shape index (κ2) is 15.3. The molecule has 2 amide bonds. The van der Waals surface area contributed by atoms with Crippen LogP contribution < -0.4 is 15.4 Å². The lowest BCUT2D eigenvalue weighted by Gasteiger charge is -2.24. The zero-order valence-corrected chi connectivity index (χ0v) is 22.0. The van der Waals surface area contributed by atoms with Gasteiger partial charge in [0.1, 0.15) is 17.6 Å². The number of unbranched alkanes of at least 4 members (excludes halogenated alkanes) is 1. The quantitative estimate of drug-likeness (QED) is 0.346. The number of carbonyl (C=O) groups is 3. The highest BCUT2D eigenvalue weighted by Crippen LogP contribution is 2.17. The number of carbonyl (C=O) groups excluding carboxylic acids is 3. The molecular formula is C27H38N2O5S. The molecule has 1 aromatic heterocycles. The monoisotopic (exact) mass is 502 g/mol. The normalized spacial score (nSPS) is 12.7. The van der Waals surface area contributed by atoms with E-state index in [1.165, 1.54) is 11.8 Å². The molecule has 0 aliphatic heterocycles. The fourth-order valence-corrected chi connectivity index (χ4v) is 4.41. The summed E-state index contributed by atoms with van der Waals surface area (Å²) in [5.74, 6) is 1.75. The molecule has 0 saturated heterocycles. The molecule has 2 atom stereocenters. The number of ether oxygens (including phenoxy) is 1. The van der Waals surface area contributed by atoms with E-state index >= 15 is 0 Å². The third-order valence-electron chi connectivity index (χ3n) is 5.43. The number of aryl methyl sites for hydroxylation is 1. The first kappa shape index (κ1) is 28.5. The van der Waals surface area contributed by atoms with Gasteiger partial charge >= 0.3 is 0 Å². The van der Waals surface area contributed by atoms with Crippen molar-refractivity contribution in [1.29, 1.82) is 0 Å². The number of thioether (sulfide) groups is 1. The standard InChI is InChI=1S/C27H38N2O5S/c1-5-6-12-22(24(30)18-35-17-21-11-9-14-33-21)29-27(32)23(15-19(2)3)28-26(31)16-34-25-13-8-7-10-20(25)4/h7-11,13-14,19,22-23H,5-6,12,15-18H2,1-4H3,(H,28,31)(H,29,32). The Morgan fingerprint density at radius 1 is 1.06 bits per heavy atom. The van der Waals surface area contributed by atoms with Crippen LogP contribution in [0, 0.1) is 12.8 Å². The lowest BCUT2D eigenvalue weighted by molar-refractivity contribution is -0.132. The van der Waals surface area contributed by atoms with Gasteiger partial charge in [0, 0.05) is 0 Å². The molecule has 0 aliphatic carbocycles. The van der Waals surface area contributed by atoms with Gasteiger partial charge in [-0.3, -0.25) is 14.4 Å². The number of rotatable bonds is 16. The summed E-state index contributed by atoms with van der Waals surface area (Å²) in [6.07, 6.45) is 4.38. The Balaban J connectivity index is 1.95. The van der Waals surface area contributed by atoms with Crippen molar-refractivity contribution in [3.63, 3.8) is 0 Å². The van der Waals surface area contributed by atoms with Crippen molar-refractivity contribution < 1.29 is 23.5 Å². The molecule has 1 heterocycles. The summed E-state index contributed by atoms with van der Waals surface area (Å²) in [6.45, 7) is 7.74. The largest absolute Gasteiger partial charge is 0.484 e. The predicted octanol–water partition coefficient (Wildman–Crippen LogP) is 4.68. The van der Waals surface area contributed by atoms with Crippen LogP contribution in [-0.2, 0) is 20.1 Å². The smallest absolute Gasteiger partial charge is 0.258 e. The van der Waals surface area contributed by atoms with Gasteiger partial charge in [-0.15, -0.1) is 11.8 Å². The third kappa shape index (κ3) is 10.6. The topological polar surface area (TPSA) is 97.6 Å². The minimum atomic E-state index is -0.740. The molecule has 0 fully saturated rings. The number of furan rings is 1. The van der Waals surface area contributed by atoms with Crippen molar-refractivity contribution >= 4 is 29.4 Å². The Hall–Kier alpha value is -2.74. The van der Waals surface area contributed by atoms with Crippen molar-refractivity contribution in [1.82, 2.24) is 10.6 Å². The summed E-state index contributed by atoms with van der Waals surface area (Å²) < 4.78 is 10.9. The first-order valence-electron chi connectivity index (χ1n) is 12.2. The van der Waals surface area contributed by atoms with Crippen LogP contribution in [0.1, 0.15) is 57.8 Å². The molecule has 1 aromatic carbocycles. The van der Waals surface area contributed by atoms with Crippen molar-refractivity contribution in [2.24, 2.45) is 5.92 Å². The second-order valence-corrected chi connectivity index (χ2v) is 10.0. The van der Waals surface area contributed by atoms with E-state index in [9.17, 15) is 14.4 Å². The maximum Gasteiger partial charge on any atom is 0.258 e. The predicted molar refractivity (Wildman–Crippen MR) is 139 cm³/mol. The van der Waals surface area contributed by atoms with Crippen molar-refractivity contribution in [3.05, 3.63) is 54.0 Å². The van der Waals surface area contributed by atoms with E-state index in [2.05, 4.69) is 10.6 Å². The summed E-state index contributed by atoms with van der Waals surface area (Å²) in [5, 5.41) is 5.70. The number of hydrogen-bond acceptors (Lipinski definition) is 6. The third-order valence-corrected chi connectivity index (χ3v) is 6.41. The van der Waals surface area contributed by atoms with Crippen LogP contribution in [0.25, 0.3) is 0 Å². The molecule has 2 aromatic rings. The maximum absolute atomic E-state index is 13.1. The Labute approximate surface area is 212 Å². The van der Waals surface area contributed by atoms with Gasteiger partial charge in [0.15, 0.2) is 12.4 Å². The molecule has 2 N–H and O–H groups in total. The SMILES string of the molecule is CCCCC(NC(=O)C(CC(C)C)NC(=O)COc1ccccc1C)C(=O)CSCc1ccco1. The molecule has 7 nitrogen and oxygen atoms in total. The molecule has 2 rings (SSSR count). The highest BCUT2D eigenvalue weighted by molar-refractivity contribution is 7.99. The Morgan fingerprint density at radius 3 is 2.49 bits per heavy atom. The molecule has 8 heteroatoms. The highest BCUT2D eigenvalue weighted by atomic mass is 32.2. The summed E-state index contributed by atoms with van der Waals surface area (Å²) in [4.78, 5) is 38.6. The molecular weight excluding hydrogens is 464 g/mol. The van der Waals surface area contributed by atoms with Gasteiger partial charge in [-0.25, -0.2) is 0 Å². The Morgan fingerprint density at radius 2 is 1.83 bits per heavy atom. The van der Waals surface area contributed by atoms with Crippen molar-refractivity contribution in [2.45, 2.75) is 71.2 Å². The first-order valence-corrected chi connectivity index (χ1v) is 13.4. The minimum absolute atomic E-state index is 0.0270. The van der Waals surface area contributed by atoms with E-state index < -0.39 is 12.1 Å². The van der Waals surface area contributed by atoms with E-state index in [0.717, 1.165) is 24.2 Å². The lowest BCUT2D eigenvalue weighted by atomic mass is 10.0. The van der Waals surface area contributed by atoms with Gasteiger partial charge in [0.05, 0.1) is 23.8 Å². The van der Waals surface area contributed by atoms with Crippen LogP contribution in [0.15, 0.2) is 47.1 Å². The molecule has 0 bridgehead atoms. The molecule has 0 radical (unpaired) electrons. The average molecular weight is 503 g/mol. The van der Waals surface area contributed by atoms with Gasteiger partial charge in [-0.1, -0.05) is 51.8 Å². The number of benzene rings is 1. The van der Waals surface area contributed by atoms with E-state index in [1.54, 1.807) is 12.3 Å². The number of amides is 2. The number of nitrogens with one attached hydrogen (secondary N) is 2. The Kier molecular flexibility index (Phi) is 12.5. The fourth-order valence-electron chi connectivity index (χ4n) is 3.54. The average Bonchev–Trinajstić information content (AvgIpc) is 3.34. The molecule has 35 heavy (non-hydrogen) atoms. The van der Waals surface area contributed by atoms with Gasteiger partial charge < -0.3 is 19.8 Å². The van der Waals surface area contributed by atoms with Gasteiger partial charge in [0.25, 0.3) is 5.91 Å². The molecule has 0 aliphatic rings. The minimum Gasteiger partial charge on any atom is -0.484 e. The van der Waals surface area contributed by atoms with Gasteiger partial charge in [-0.05, 0) is 49.4 Å². The van der Waals surface area contributed by atoms with Gasteiger partial charge in [0.2, 0.25) is 5.91 Å². The summed E-state index contributed by atoms with van der Waals surface area (Å²) in [6, 6.07) is 9.81. The van der Waals surface area contributed by atoms with Crippen LogP contribution in [0.2, 0.25) is 0 Å². The van der Waals surface area contributed by atoms with Gasteiger partial charge in [-0.2, -0.15) is 0 Å². The van der Waals surface area contributed by atoms with Crippen LogP contribution in [0.5, 0.6) is 5.75 Å². The van der Waals surface area contributed by atoms with Crippen molar-refractivity contribution in [3.8, 4) is 5.75 Å².